The molecule has 0 aliphatic carbocycles. The minimum absolute atomic E-state index is 0.00368. The lowest BCUT2D eigenvalue weighted by atomic mass is 10.1. The number of hydrogen-bond acceptors (Lipinski definition) is 4. The molecule has 1 aliphatic rings. The first-order valence-corrected chi connectivity index (χ1v) is 10.1. The molecule has 6 nitrogen and oxygen atoms in total. The summed E-state index contributed by atoms with van der Waals surface area (Å²) in [7, 11) is 0. The molecule has 1 aliphatic heterocycles. The van der Waals surface area contributed by atoms with Gasteiger partial charge in [-0.25, -0.2) is 4.98 Å². The molecule has 3 rings (SSSR count). The normalized spacial score (nSPS) is 16.9. The van der Waals surface area contributed by atoms with Crippen LogP contribution in [-0.4, -0.2) is 50.8 Å². The highest BCUT2D eigenvalue weighted by Crippen LogP contribution is 2.30. The Labute approximate surface area is 184 Å². The first-order valence-electron chi connectivity index (χ1n) is 10.1. The average Bonchev–Trinajstić information content (AvgIpc) is 3.15. The van der Waals surface area contributed by atoms with E-state index in [-0.39, 0.29) is 43.0 Å². The zero-order valence-electron chi connectivity index (χ0n) is 17.3. The number of halogens is 6. The van der Waals surface area contributed by atoms with Crippen LogP contribution in [-0.2, 0) is 23.9 Å². The fourth-order valence-electron chi connectivity index (χ4n) is 3.54. The average molecular weight is 477 g/mol. The Morgan fingerprint density at radius 3 is 2.33 bits per heavy atom. The minimum Gasteiger partial charge on any atom is -0.391 e. The zero-order valence-corrected chi connectivity index (χ0v) is 17.3. The van der Waals surface area contributed by atoms with Gasteiger partial charge in [0, 0.05) is 37.6 Å². The Morgan fingerprint density at radius 1 is 1.12 bits per heavy atom. The molecule has 1 N–H and O–H groups in total. The molecule has 1 fully saturated rings. The lowest BCUT2D eigenvalue weighted by Crippen LogP contribution is -2.37. The number of carbonyl (C=O) groups excluding carboxylic acids is 1. The van der Waals surface area contributed by atoms with Crippen molar-refractivity contribution in [2.45, 2.75) is 50.7 Å². The number of benzene rings is 1. The number of aliphatic hydroxyl groups is 1. The van der Waals surface area contributed by atoms with Crippen molar-refractivity contribution < 1.29 is 36.2 Å². The molecule has 0 bridgehead atoms. The predicted octanol–water partition coefficient (Wildman–Crippen LogP) is 3.41. The van der Waals surface area contributed by atoms with Gasteiger partial charge in [0.25, 0.3) is 5.56 Å². The van der Waals surface area contributed by atoms with Gasteiger partial charge in [-0.15, -0.1) is 0 Å². The highest BCUT2D eigenvalue weighted by Gasteiger charge is 2.30. The number of alkyl halides is 6. The molecule has 2 aromatic rings. The number of likely N-dealkylation sites (tertiary alicyclic amines) is 1. The van der Waals surface area contributed by atoms with Crippen molar-refractivity contribution in [3.63, 3.8) is 0 Å². The topological polar surface area (TPSA) is 75.4 Å². The molecule has 1 atom stereocenters. The van der Waals surface area contributed by atoms with Crippen LogP contribution in [0.5, 0.6) is 0 Å². The van der Waals surface area contributed by atoms with E-state index >= 15 is 0 Å². The standard InChI is InChI=1S/C21H21F6N3O3/c22-20(23,24)8-1-2-17-28-16(13-3-5-14(6-4-13)21(25,26)27)10-18(32)30(17)12-19(33)29-9-7-15(31)11-29/h3-6,10,15,31H,1-2,7-9,11-12H2. The Balaban J connectivity index is 1.91. The van der Waals surface area contributed by atoms with Gasteiger partial charge >= 0.3 is 12.4 Å². The van der Waals surface area contributed by atoms with Crippen LogP contribution < -0.4 is 5.56 Å². The summed E-state index contributed by atoms with van der Waals surface area (Å²) < 4.78 is 77.2. The van der Waals surface area contributed by atoms with Crippen LogP contribution in [0.25, 0.3) is 11.3 Å². The number of aromatic nitrogens is 2. The van der Waals surface area contributed by atoms with Gasteiger partial charge in [-0.05, 0) is 25.0 Å². The molecule has 1 unspecified atom stereocenters. The van der Waals surface area contributed by atoms with Crippen molar-refractivity contribution in [1.82, 2.24) is 14.5 Å². The number of aliphatic hydroxyl groups excluding tert-OH is 1. The van der Waals surface area contributed by atoms with E-state index in [2.05, 4.69) is 4.98 Å². The van der Waals surface area contributed by atoms with Crippen molar-refractivity contribution in [1.29, 1.82) is 0 Å². The van der Waals surface area contributed by atoms with E-state index in [1.807, 2.05) is 0 Å². The van der Waals surface area contributed by atoms with Gasteiger partial charge in [0.15, 0.2) is 0 Å². The van der Waals surface area contributed by atoms with Gasteiger partial charge in [-0.2, -0.15) is 26.3 Å². The summed E-state index contributed by atoms with van der Waals surface area (Å²) >= 11 is 0. The highest BCUT2D eigenvalue weighted by molar-refractivity contribution is 5.76. The Kier molecular flexibility index (Phi) is 7.15. The second-order valence-electron chi connectivity index (χ2n) is 7.81. The summed E-state index contributed by atoms with van der Waals surface area (Å²) in [6.45, 7) is -0.0868. The van der Waals surface area contributed by atoms with Gasteiger partial charge in [-0.3, -0.25) is 14.2 Å². The Morgan fingerprint density at radius 2 is 1.79 bits per heavy atom. The molecule has 12 heteroatoms. The quantitative estimate of drug-likeness (QED) is 0.648. The lowest BCUT2D eigenvalue weighted by Gasteiger charge is -2.19. The summed E-state index contributed by atoms with van der Waals surface area (Å²) in [5, 5.41) is 9.60. The maximum Gasteiger partial charge on any atom is 0.416 e. The zero-order chi connectivity index (χ0) is 24.4. The smallest absolute Gasteiger partial charge is 0.391 e. The molecule has 1 saturated heterocycles. The van der Waals surface area contributed by atoms with Crippen LogP contribution in [0.1, 0.15) is 30.7 Å². The van der Waals surface area contributed by atoms with Crippen LogP contribution in [0.2, 0.25) is 0 Å². The third-order valence-electron chi connectivity index (χ3n) is 5.27. The van der Waals surface area contributed by atoms with Crippen LogP contribution in [0, 0.1) is 0 Å². The second kappa shape index (κ2) is 9.54. The van der Waals surface area contributed by atoms with Crippen molar-refractivity contribution in [2.24, 2.45) is 0 Å². The van der Waals surface area contributed by atoms with E-state index in [0.717, 1.165) is 34.9 Å². The SMILES string of the molecule is O=C(Cn1c(CCCC(F)(F)F)nc(-c2ccc(C(F)(F)F)cc2)cc1=O)N1CCC(O)C1. The second-order valence-corrected chi connectivity index (χ2v) is 7.81. The number of hydrogen-bond donors (Lipinski definition) is 1. The number of rotatable bonds is 6. The lowest BCUT2D eigenvalue weighted by molar-refractivity contribution is -0.137. The number of nitrogens with zero attached hydrogens (tertiary/aromatic N) is 3. The third-order valence-corrected chi connectivity index (χ3v) is 5.27. The van der Waals surface area contributed by atoms with Gasteiger partial charge < -0.3 is 10.0 Å². The Bertz CT molecular complexity index is 1050. The number of aryl methyl sites for hydroxylation is 1. The first kappa shape index (κ1) is 24.7. The summed E-state index contributed by atoms with van der Waals surface area (Å²) in [6, 6.07) is 4.89. The summed E-state index contributed by atoms with van der Waals surface area (Å²) in [5.41, 5.74) is -1.44. The van der Waals surface area contributed by atoms with E-state index in [9.17, 15) is 41.0 Å². The number of β-amino-alcohol motifs (C(OH)–C–C–N with tert-alkyl or cyclic N) is 1. The molecule has 180 valence electrons. The molecular formula is C21H21F6N3O3. The van der Waals surface area contributed by atoms with Crippen molar-refractivity contribution in [3.05, 3.63) is 52.1 Å². The fraction of sp³-hybridized carbons (Fsp3) is 0.476. The molecule has 1 aromatic carbocycles. The molecular weight excluding hydrogens is 456 g/mol. The van der Waals surface area contributed by atoms with E-state index in [4.69, 9.17) is 0 Å². The highest BCUT2D eigenvalue weighted by atomic mass is 19.4. The fourth-order valence-corrected chi connectivity index (χ4v) is 3.54. The summed E-state index contributed by atoms with van der Waals surface area (Å²) in [6.07, 6.45) is -11.1. The number of amides is 1. The molecule has 1 amide bonds. The summed E-state index contributed by atoms with van der Waals surface area (Å²) in [4.78, 5) is 30.8. The maximum absolute atomic E-state index is 12.8. The van der Waals surface area contributed by atoms with Gasteiger partial charge in [0.05, 0.1) is 17.4 Å². The van der Waals surface area contributed by atoms with Crippen molar-refractivity contribution >= 4 is 5.91 Å². The van der Waals surface area contributed by atoms with Crippen LogP contribution in [0.15, 0.2) is 35.1 Å². The largest absolute Gasteiger partial charge is 0.416 e. The maximum atomic E-state index is 12.8. The molecule has 2 heterocycles. The molecule has 0 saturated carbocycles. The van der Waals surface area contributed by atoms with Crippen LogP contribution in [0.3, 0.4) is 0 Å². The van der Waals surface area contributed by atoms with Gasteiger partial charge in [0.1, 0.15) is 12.4 Å². The predicted molar refractivity (Wildman–Crippen MR) is 105 cm³/mol. The van der Waals surface area contributed by atoms with E-state index in [1.165, 1.54) is 4.90 Å². The van der Waals surface area contributed by atoms with E-state index < -0.39 is 48.5 Å². The first-order chi connectivity index (χ1) is 15.3. The minimum atomic E-state index is -4.55. The van der Waals surface area contributed by atoms with Crippen LogP contribution >= 0.6 is 0 Å². The van der Waals surface area contributed by atoms with Gasteiger partial charge in [-0.1, -0.05) is 12.1 Å². The molecule has 1 aromatic heterocycles. The van der Waals surface area contributed by atoms with Crippen molar-refractivity contribution in [2.75, 3.05) is 13.1 Å². The van der Waals surface area contributed by atoms with Crippen molar-refractivity contribution in [3.8, 4) is 11.3 Å². The van der Waals surface area contributed by atoms with E-state index in [0.29, 0.717) is 6.42 Å². The Hall–Kier alpha value is -2.89. The van der Waals surface area contributed by atoms with Crippen LogP contribution in [0.4, 0.5) is 26.3 Å². The molecule has 0 spiro atoms. The third kappa shape index (κ3) is 6.56. The molecule has 33 heavy (non-hydrogen) atoms. The molecule has 0 radical (unpaired) electrons. The number of carbonyl (C=O) groups is 1. The summed E-state index contributed by atoms with van der Waals surface area (Å²) in [5.74, 6) is -0.565. The van der Waals surface area contributed by atoms with E-state index in [1.54, 1.807) is 0 Å². The van der Waals surface area contributed by atoms with Gasteiger partial charge in [0.2, 0.25) is 5.91 Å². The monoisotopic (exact) mass is 477 g/mol.